The summed E-state index contributed by atoms with van der Waals surface area (Å²) in [5, 5.41) is 0.893. The van der Waals surface area contributed by atoms with Crippen molar-refractivity contribution >= 4 is 28.0 Å². The molecular weight excluding hydrogens is 334 g/mol. The predicted octanol–water partition coefficient (Wildman–Crippen LogP) is -0.0321. The minimum Gasteiger partial charge on any atom is -0.469 e. The van der Waals surface area contributed by atoms with E-state index in [0.29, 0.717) is 0 Å². The number of sulfonamides is 1. The maximum atomic E-state index is 12.7. The van der Waals surface area contributed by atoms with Crippen LogP contribution in [0.5, 0.6) is 0 Å². The van der Waals surface area contributed by atoms with Crippen LogP contribution in [0.2, 0.25) is 0 Å². The summed E-state index contributed by atoms with van der Waals surface area (Å²) in [6.45, 7) is 3.15. The molecule has 1 saturated heterocycles. The molecule has 130 valence electrons. The summed E-state index contributed by atoms with van der Waals surface area (Å²) in [4.78, 5) is 23.5. The molecule has 1 aliphatic rings. The number of nitrogens with two attached hydrogens (primary N) is 1. The van der Waals surface area contributed by atoms with Crippen molar-refractivity contribution in [1.29, 1.82) is 0 Å². The van der Waals surface area contributed by atoms with E-state index in [2.05, 4.69) is 11.3 Å². The fraction of sp³-hybridized carbons (Fsp3) is 0.333. The summed E-state index contributed by atoms with van der Waals surface area (Å²) in [6.07, 6.45) is 1.42. The quantitative estimate of drug-likeness (QED) is 0.452. The molecule has 2 N–H and O–H groups in total. The zero-order valence-corrected chi connectivity index (χ0v) is 14.0. The van der Waals surface area contributed by atoms with Crippen molar-refractivity contribution in [2.45, 2.75) is 17.4 Å². The molecule has 0 spiro atoms. The number of rotatable bonds is 5. The van der Waals surface area contributed by atoms with Crippen LogP contribution >= 0.6 is 0 Å². The van der Waals surface area contributed by atoms with Crippen LogP contribution in [0, 0.1) is 0 Å². The number of ether oxygens (including phenoxy) is 1. The molecule has 8 nitrogen and oxygen atoms in total. The highest BCUT2D eigenvalue weighted by Crippen LogP contribution is 2.21. The monoisotopic (exact) mass is 353 g/mol. The standard InChI is InChI=1S/C15H19N3O5S/c1-3-11-4-6-13(7-5-11)24(21,22)17-9-12(8-15(20)23-2)18(16)14(19)10-17/h3-7,12H,1,8-10,16H2,2H3. The van der Waals surface area contributed by atoms with Gasteiger partial charge in [-0.25, -0.2) is 14.3 Å². The Morgan fingerprint density at radius 2 is 2.04 bits per heavy atom. The number of hydrazine groups is 1. The van der Waals surface area contributed by atoms with E-state index in [1.54, 1.807) is 18.2 Å². The van der Waals surface area contributed by atoms with Crippen LogP contribution in [0.25, 0.3) is 6.08 Å². The highest BCUT2D eigenvalue weighted by Gasteiger charge is 2.38. The molecule has 1 unspecified atom stereocenters. The summed E-state index contributed by atoms with van der Waals surface area (Å²) in [5.41, 5.74) is 0.778. The van der Waals surface area contributed by atoms with Gasteiger partial charge >= 0.3 is 5.97 Å². The molecule has 0 bridgehead atoms. The van der Waals surface area contributed by atoms with Crippen molar-refractivity contribution in [3.63, 3.8) is 0 Å². The Balaban J connectivity index is 2.26. The topological polar surface area (TPSA) is 110 Å². The number of hydrogen-bond acceptors (Lipinski definition) is 6. The number of benzene rings is 1. The molecular formula is C15H19N3O5S. The van der Waals surface area contributed by atoms with E-state index in [1.165, 1.54) is 19.2 Å². The van der Waals surface area contributed by atoms with Gasteiger partial charge in [0.15, 0.2) is 0 Å². The van der Waals surface area contributed by atoms with Crippen LogP contribution < -0.4 is 5.84 Å². The third-order valence-corrected chi connectivity index (χ3v) is 5.62. The summed E-state index contributed by atoms with van der Waals surface area (Å²) in [5.74, 6) is 4.50. The molecule has 1 fully saturated rings. The lowest BCUT2D eigenvalue weighted by Gasteiger charge is -2.37. The van der Waals surface area contributed by atoms with Gasteiger partial charge in [-0.1, -0.05) is 24.8 Å². The lowest BCUT2D eigenvalue weighted by molar-refractivity contribution is -0.146. The molecule has 0 aromatic heterocycles. The highest BCUT2D eigenvalue weighted by atomic mass is 32.2. The van der Waals surface area contributed by atoms with Gasteiger partial charge in [-0.3, -0.25) is 14.6 Å². The van der Waals surface area contributed by atoms with E-state index in [4.69, 9.17) is 5.84 Å². The van der Waals surface area contributed by atoms with Crippen LogP contribution in [0.15, 0.2) is 35.7 Å². The number of methoxy groups -OCH3 is 1. The van der Waals surface area contributed by atoms with E-state index in [9.17, 15) is 18.0 Å². The summed E-state index contributed by atoms with van der Waals surface area (Å²) >= 11 is 0. The first kappa shape index (κ1) is 18.1. The van der Waals surface area contributed by atoms with Crippen LogP contribution in [-0.2, 0) is 24.3 Å². The summed E-state index contributed by atoms with van der Waals surface area (Å²) in [6, 6.07) is 5.35. The largest absolute Gasteiger partial charge is 0.469 e. The van der Waals surface area contributed by atoms with Crippen molar-refractivity contribution in [1.82, 2.24) is 9.31 Å². The molecule has 1 atom stereocenters. The zero-order chi connectivity index (χ0) is 17.9. The Bertz CT molecular complexity index is 745. The van der Waals surface area contributed by atoms with Crippen LogP contribution in [0.4, 0.5) is 0 Å². The van der Waals surface area contributed by atoms with E-state index in [0.717, 1.165) is 14.9 Å². The fourth-order valence-corrected chi connectivity index (χ4v) is 3.80. The number of hydrogen-bond donors (Lipinski definition) is 1. The maximum Gasteiger partial charge on any atom is 0.307 e. The first-order chi connectivity index (χ1) is 11.3. The number of amides is 1. The first-order valence-electron chi connectivity index (χ1n) is 7.16. The SMILES string of the molecule is C=Cc1ccc(S(=O)(=O)N2CC(=O)N(N)C(CC(=O)OC)C2)cc1. The molecule has 1 amide bonds. The molecule has 1 aliphatic heterocycles. The average Bonchev–Trinajstić information content (AvgIpc) is 2.58. The van der Waals surface area contributed by atoms with Gasteiger partial charge in [-0.05, 0) is 17.7 Å². The lowest BCUT2D eigenvalue weighted by atomic mass is 10.1. The van der Waals surface area contributed by atoms with Gasteiger partial charge in [0.05, 0.1) is 31.0 Å². The fourth-order valence-electron chi connectivity index (χ4n) is 2.37. The third-order valence-electron chi connectivity index (χ3n) is 3.79. The van der Waals surface area contributed by atoms with E-state index < -0.39 is 27.9 Å². The molecule has 1 aromatic rings. The van der Waals surface area contributed by atoms with Gasteiger partial charge < -0.3 is 4.74 Å². The second-order valence-electron chi connectivity index (χ2n) is 5.31. The van der Waals surface area contributed by atoms with Gasteiger partial charge in [0, 0.05) is 6.54 Å². The number of piperazine rings is 1. The number of carbonyl (C=O) groups is 2. The second-order valence-corrected chi connectivity index (χ2v) is 7.24. The molecule has 0 radical (unpaired) electrons. The Morgan fingerprint density at radius 1 is 1.42 bits per heavy atom. The van der Waals surface area contributed by atoms with Crippen molar-refractivity contribution < 1.29 is 22.7 Å². The van der Waals surface area contributed by atoms with Gasteiger partial charge in [-0.2, -0.15) is 4.31 Å². The van der Waals surface area contributed by atoms with Crippen molar-refractivity contribution in [3.05, 3.63) is 36.4 Å². The van der Waals surface area contributed by atoms with E-state index in [-0.39, 0.29) is 24.4 Å². The summed E-state index contributed by atoms with van der Waals surface area (Å²) in [7, 11) is -2.66. The minimum absolute atomic E-state index is 0.0585. The van der Waals surface area contributed by atoms with Gasteiger partial charge in [0.2, 0.25) is 10.0 Å². The Labute approximate surface area is 140 Å². The molecule has 24 heavy (non-hydrogen) atoms. The summed E-state index contributed by atoms with van der Waals surface area (Å²) < 4.78 is 31.0. The Hall–Kier alpha value is -2.23. The van der Waals surface area contributed by atoms with Crippen LogP contribution in [0.3, 0.4) is 0 Å². The molecule has 0 saturated carbocycles. The minimum atomic E-state index is -3.87. The Kier molecular flexibility index (Phi) is 5.37. The van der Waals surface area contributed by atoms with Crippen molar-refractivity contribution in [2.24, 2.45) is 5.84 Å². The molecule has 1 heterocycles. The zero-order valence-electron chi connectivity index (χ0n) is 13.2. The van der Waals surface area contributed by atoms with Crippen LogP contribution in [-0.4, -0.2) is 55.8 Å². The smallest absolute Gasteiger partial charge is 0.307 e. The normalized spacial score (nSPS) is 19.2. The third kappa shape index (κ3) is 3.64. The highest BCUT2D eigenvalue weighted by molar-refractivity contribution is 7.89. The van der Waals surface area contributed by atoms with Crippen molar-refractivity contribution in [3.8, 4) is 0 Å². The lowest BCUT2D eigenvalue weighted by Crippen LogP contribution is -2.60. The van der Waals surface area contributed by atoms with Gasteiger partial charge in [0.25, 0.3) is 5.91 Å². The molecule has 0 aliphatic carbocycles. The van der Waals surface area contributed by atoms with Crippen LogP contribution in [0.1, 0.15) is 12.0 Å². The molecule has 9 heteroatoms. The average molecular weight is 353 g/mol. The number of carbonyl (C=O) groups excluding carboxylic acids is 2. The molecule has 2 rings (SSSR count). The first-order valence-corrected chi connectivity index (χ1v) is 8.60. The van der Waals surface area contributed by atoms with E-state index in [1.807, 2.05) is 0 Å². The van der Waals surface area contributed by atoms with Crippen molar-refractivity contribution in [2.75, 3.05) is 20.2 Å². The van der Waals surface area contributed by atoms with E-state index >= 15 is 0 Å². The number of nitrogens with zero attached hydrogens (tertiary/aromatic N) is 2. The second kappa shape index (κ2) is 7.12. The molecule has 1 aromatic carbocycles. The number of esters is 1. The Morgan fingerprint density at radius 3 is 2.58 bits per heavy atom. The van der Waals surface area contributed by atoms with Gasteiger partial charge in [0.1, 0.15) is 0 Å². The predicted molar refractivity (Wildman–Crippen MR) is 86.7 cm³/mol. The maximum absolute atomic E-state index is 12.7. The van der Waals surface area contributed by atoms with Gasteiger partial charge in [-0.15, -0.1) is 0 Å².